The summed E-state index contributed by atoms with van der Waals surface area (Å²) >= 11 is 5.09. The molecule has 5 nitrogen and oxygen atoms in total. The van der Waals surface area contributed by atoms with Crippen LogP contribution in [0.5, 0.6) is 5.75 Å². The van der Waals surface area contributed by atoms with E-state index in [1.54, 1.807) is 24.3 Å². The molecule has 0 fully saturated rings. The SMILES string of the molecule is O=C(NNC(=S)c1ccccc1)Nc1ccc(OC(F)(F)F)cc1. The van der Waals surface area contributed by atoms with Crippen molar-refractivity contribution < 1.29 is 22.7 Å². The highest BCUT2D eigenvalue weighted by atomic mass is 32.1. The molecule has 24 heavy (non-hydrogen) atoms. The molecule has 126 valence electrons. The van der Waals surface area contributed by atoms with Crippen LogP contribution in [0.15, 0.2) is 54.6 Å². The zero-order chi connectivity index (χ0) is 17.6. The van der Waals surface area contributed by atoms with Crippen LogP contribution in [0, 0.1) is 0 Å². The fourth-order valence-corrected chi connectivity index (χ4v) is 1.86. The molecule has 2 rings (SSSR count). The van der Waals surface area contributed by atoms with E-state index in [4.69, 9.17) is 12.2 Å². The number of alkyl halides is 3. The highest BCUT2D eigenvalue weighted by molar-refractivity contribution is 7.80. The maximum absolute atomic E-state index is 12.0. The lowest BCUT2D eigenvalue weighted by molar-refractivity contribution is -0.274. The summed E-state index contributed by atoms with van der Waals surface area (Å²) in [6.07, 6.45) is -4.76. The van der Waals surface area contributed by atoms with E-state index in [0.717, 1.165) is 17.7 Å². The summed E-state index contributed by atoms with van der Waals surface area (Å²) in [7, 11) is 0. The number of nitrogens with one attached hydrogen (secondary N) is 3. The molecule has 0 aliphatic carbocycles. The van der Waals surface area contributed by atoms with Crippen molar-refractivity contribution in [2.75, 3.05) is 5.32 Å². The van der Waals surface area contributed by atoms with Crippen molar-refractivity contribution in [3.63, 3.8) is 0 Å². The average Bonchev–Trinajstić information content (AvgIpc) is 2.54. The van der Waals surface area contributed by atoms with Crippen LogP contribution in [0.4, 0.5) is 23.7 Å². The molecule has 0 radical (unpaired) electrons. The molecular weight excluding hydrogens is 343 g/mol. The first-order chi connectivity index (χ1) is 11.3. The fraction of sp³-hybridized carbons (Fsp3) is 0.0667. The summed E-state index contributed by atoms with van der Waals surface area (Å²) in [5.41, 5.74) is 5.90. The van der Waals surface area contributed by atoms with E-state index < -0.39 is 12.4 Å². The first-order valence-electron chi connectivity index (χ1n) is 6.62. The third-order valence-corrected chi connectivity index (χ3v) is 3.01. The van der Waals surface area contributed by atoms with Gasteiger partial charge in [-0.3, -0.25) is 10.9 Å². The van der Waals surface area contributed by atoms with E-state index in [2.05, 4.69) is 20.9 Å². The highest BCUT2D eigenvalue weighted by Crippen LogP contribution is 2.23. The molecule has 0 bridgehead atoms. The topological polar surface area (TPSA) is 62.4 Å². The lowest BCUT2D eigenvalue weighted by Crippen LogP contribution is -2.43. The van der Waals surface area contributed by atoms with E-state index in [0.29, 0.717) is 4.99 Å². The number of benzene rings is 2. The van der Waals surface area contributed by atoms with Gasteiger partial charge in [0, 0.05) is 11.3 Å². The summed E-state index contributed by atoms with van der Waals surface area (Å²) in [5, 5.41) is 2.43. The van der Waals surface area contributed by atoms with E-state index in [-0.39, 0.29) is 11.4 Å². The molecule has 2 aromatic carbocycles. The van der Waals surface area contributed by atoms with Crippen molar-refractivity contribution in [2.45, 2.75) is 6.36 Å². The van der Waals surface area contributed by atoms with Gasteiger partial charge >= 0.3 is 12.4 Å². The molecule has 0 saturated heterocycles. The normalized spacial score (nSPS) is 10.6. The van der Waals surface area contributed by atoms with Gasteiger partial charge in [0.25, 0.3) is 0 Å². The summed E-state index contributed by atoms with van der Waals surface area (Å²) in [4.78, 5) is 12.0. The van der Waals surface area contributed by atoms with Gasteiger partial charge in [0.05, 0.1) is 0 Å². The van der Waals surface area contributed by atoms with E-state index in [9.17, 15) is 18.0 Å². The molecule has 2 aromatic rings. The second-order valence-corrected chi connectivity index (χ2v) is 4.88. The number of hydrogen-bond donors (Lipinski definition) is 3. The summed E-state index contributed by atoms with van der Waals surface area (Å²) in [6.45, 7) is 0. The van der Waals surface area contributed by atoms with Gasteiger partial charge in [-0.05, 0) is 24.3 Å². The third kappa shape index (κ3) is 5.76. The van der Waals surface area contributed by atoms with E-state index >= 15 is 0 Å². The van der Waals surface area contributed by atoms with Gasteiger partial charge in [0.15, 0.2) is 0 Å². The Bertz CT molecular complexity index is 706. The molecular formula is C15H12F3N3O2S. The Morgan fingerprint density at radius 3 is 2.17 bits per heavy atom. The van der Waals surface area contributed by atoms with Crippen molar-refractivity contribution in [2.24, 2.45) is 0 Å². The number of ether oxygens (including phenoxy) is 1. The molecule has 0 saturated carbocycles. The molecule has 0 heterocycles. The van der Waals surface area contributed by atoms with Crippen LogP contribution in [0.2, 0.25) is 0 Å². The maximum Gasteiger partial charge on any atom is 0.573 e. The standard InChI is InChI=1S/C15H12F3N3O2S/c16-15(17,18)23-12-8-6-11(7-9-12)19-14(22)21-20-13(24)10-4-2-1-3-5-10/h1-9H,(H,20,24)(H2,19,21,22). The molecule has 0 aromatic heterocycles. The molecule has 0 aliphatic heterocycles. The molecule has 0 atom stereocenters. The predicted octanol–water partition coefficient (Wildman–Crippen LogP) is 3.59. The summed E-state index contributed by atoms with van der Waals surface area (Å²) in [5.74, 6) is -0.378. The minimum absolute atomic E-state index is 0.287. The second kappa shape index (κ2) is 7.64. The van der Waals surface area contributed by atoms with Crippen molar-refractivity contribution >= 4 is 28.9 Å². The Morgan fingerprint density at radius 2 is 1.58 bits per heavy atom. The highest BCUT2D eigenvalue weighted by Gasteiger charge is 2.30. The Morgan fingerprint density at radius 1 is 0.958 bits per heavy atom. The number of halogens is 3. The van der Waals surface area contributed by atoms with E-state index in [1.807, 2.05) is 6.07 Å². The van der Waals surface area contributed by atoms with Gasteiger partial charge in [-0.15, -0.1) is 13.2 Å². The quantitative estimate of drug-likeness (QED) is 0.582. The molecule has 9 heteroatoms. The van der Waals surface area contributed by atoms with Gasteiger partial charge in [-0.25, -0.2) is 4.79 Å². The number of hydrazine groups is 1. The first kappa shape index (κ1) is 17.5. The molecule has 3 N–H and O–H groups in total. The van der Waals surface area contributed by atoms with Crippen molar-refractivity contribution in [3.8, 4) is 5.75 Å². The Labute approximate surface area is 140 Å². The van der Waals surface area contributed by atoms with Gasteiger partial charge < -0.3 is 10.1 Å². The molecule has 0 aliphatic rings. The van der Waals surface area contributed by atoms with Crippen LogP contribution in [0.1, 0.15) is 5.56 Å². The number of anilines is 1. The Hall–Kier alpha value is -2.81. The Kier molecular flexibility index (Phi) is 5.59. The fourth-order valence-electron chi connectivity index (χ4n) is 1.68. The van der Waals surface area contributed by atoms with Gasteiger partial charge in [0.2, 0.25) is 0 Å². The number of carbonyl (C=O) groups is 1. The lowest BCUT2D eigenvalue weighted by atomic mass is 10.2. The number of urea groups is 1. The summed E-state index contributed by atoms with van der Waals surface area (Å²) in [6, 6.07) is 13.1. The van der Waals surface area contributed by atoms with Crippen LogP contribution in [-0.2, 0) is 0 Å². The van der Waals surface area contributed by atoms with Crippen molar-refractivity contribution in [1.29, 1.82) is 0 Å². The second-order valence-electron chi connectivity index (χ2n) is 4.47. The molecule has 0 spiro atoms. The zero-order valence-electron chi connectivity index (χ0n) is 12.1. The van der Waals surface area contributed by atoms with Crippen LogP contribution >= 0.6 is 12.2 Å². The number of carbonyl (C=O) groups excluding carboxylic acids is 1. The molecule has 0 unspecified atom stereocenters. The van der Waals surface area contributed by atoms with E-state index in [1.165, 1.54) is 12.1 Å². The number of amides is 2. The monoisotopic (exact) mass is 355 g/mol. The minimum atomic E-state index is -4.76. The lowest BCUT2D eigenvalue weighted by Gasteiger charge is -2.12. The first-order valence-corrected chi connectivity index (χ1v) is 7.02. The van der Waals surface area contributed by atoms with Crippen LogP contribution < -0.4 is 20.9 Å². The third-order valence-electron chi connectivity index (χ3n) is 2.67. The van der Waals surface area contributed by atoms with Crippen LogP contribution in [-0.4, -0.2) is 17.4 Å². The van der Waals surface area contributed by atoms with Crippen molar-refractivity contribution in [3.05, 3.63) is 60.2 Å². The van der Waals surface area contributed by atoms with Crippen LogP contribution in [0.3, 0.4) is 0 Å². The Balaban J connectivity index is 1.83. The largest absolute Gasteiger partial charge is 0.573 e. The number of hydrogen-bond acceptors (Lipinski definition) is 3. The number of thiocarbonyl (C=S) groups is 1. The predicted molar refractivity (Wildman–Crippen MR) is 86.6 cm³/mol. The van der Waals surface area contributed by atoms with Gasteiger partial charge in [-0.1, -0.05) is 42.5 Å². The molecule has 2 amide bonds. The van der Waals surface area contributed by atoms with Gasteiger partial charge in [0.1, 0.15) is 10.7 Å². The average molecular weight is 355 g/mol. The smallest absolute Gasteiger partial charge is 0.406 e. The number of rotatable bonds is 3. The maximum atomic E-state index is 12.0. The van der Waals surface area contributed by atoms with Crippen LogP contribution in [0.25, 0.3) is 0 Å². The summed E-state index contributed by atoms with van der Waals surface area (Å²) < 4.78 is 39.9. The van der Waals surface area contributed by atoms with Crippen molar-refractivity contribution in [1.82, 2.24) is 10.9 Å². The van der Waals surface area contributed by atoms with Gasteiger partial charge in [-0.2, -0.15) is 0 Å². The minimum Gasteiger partial charge on any atom is -0.406 e. The zero-order valence-corrected chi connectivity index (χ0v) is 12.9.